The number of hydrogen-bond donors (Lipinski definition) is 1. The number of benzene rings is 1. The van der Waals surface area contributed by atoms with Crippen LogP contribution in [0, 0.1) is 5.82 Å². The van der Waals surface area contributed by atoms with Crippen molar-refractivity contribution >= 4 is 42.1 Å². The zero-order chi connectivity index (χ0) is 18.4. The topological polar surface area (TPSA) is 68.5 Å². The van der Waals surface area contributed by atoms with Gasteiger partial charge in [-0.1, -0.05) is 12.1 Å². The van der Waals surface area contributed by atoms with Gasteiger partial charge >= 0.3 is 0 Å². The Kier molecular flexibility index (Phi) is 10.9. The molecule has 3 rings (SSSR count). The maximum Gasteiger partial charge on any atom is 0.273 e. The van der Waals surface area contributed by atoms with Crippen LogP contribution < -0.4 is 5.73 Å². The van der Waals surface area contributed by atoms with Gasteiger partial charge in [-0.2, -0.15) is 0 Å². The molecule has 0 spiro atoms. The van der Waals surface area contributed by atoms with Crippen LogP contribution >= 0.6 is 36.2 Å². The molecule has 0 atom stereocenters. The number of carbonyl (C=O) groups is 1. The fraction of sp³-hybridized carbons (Fsp3) is 0.474. The van der Waals surface area contributed by atoms with Crippen molar-refractivity contribution in [3.05, 3.63) is 51.7 Å². The number of piperidine rings is 1. The van der Waals surface area contributed by atoms with Crippen LogP contribution in [0.2, 0.25) is 0 Å². The summed E-state index contributed by atoms with van der Waals surface area (Å²) >= 11 is 1.47. The predicted octanol–water partition coefficient (Wildman–Crippen LogP) is 3.69. The second-order valence-electron chi connectivity index (χ2n) is 6.43. The molecule has 0 unspecified atom stereocenters. The van der Waals surface area contributed by atoms with Crippen molar-refractivity contribution < 1.29 is 13.9 Å². The van der Waals surface area contributed by atoms with Crippen molar-refractivity contribution in [1.29, 1.82) is 0 Å². The maximum absolute atomic E-state index is 13.0. The second kappa shape index (κ2) is 12.3. The number of ether oxygens (including phenoxy) is 1. The molecule has 2 heterocycles. The molecular weight excluding hydrogens is 424 g/mol. The van der Waals surface area contributed by atoms with Gasteiger partial charge in [-0.3, -0.25) is 4.79 Å². The lowest BCUT2D eigenvalue weighted by atomic mass is 10.1. The number of halogens is 3. The maximum atomic E-state index is 13.0. The average Bonchev–Trinajstić information content (AvgIpc) is 3.12. The molecule has 1 fully saturated rings. The summed E-state index contributed by atoms with van der Waals surface area (Å²) in [5, 5.41) is 2.67. The van der Waals surface area contributed by atoms with Crippen molar-refractivity contribution in [3.63, 3.8) is 0 Å². The van der Waals surface area contributed by atoms with Crippen molar-refractivity contribution in [2.75, 3.05) is 26.2 Å². The van der Waals surface area contributed by atoms with E-state index in [2.05, 4.69) is 4.98 Å². The molecule has 0 bridgehead atoms. The van der Waals surface area contributed by atoms with E-state index >= 15 is 0 Å². The van der Waals surface area contributed by atoms with E-state index in [1.807, 2.05) is 10.3 Å². The lowest BCUT2D eigenvalue weighted by molar-refractivity contribution is 0.00830. The lowest BCUT2D eigenvalue weighted by Gasteiger charge is -2.31. The minimum atomic E-state index is -0.251. The van der Waals surface area contributed by atoms with Gasteiger partial charge in [-0.15, -0.1) is 36.2 Å². The van der Waals surface area contributed by atoms with E-state index in [1.165, 1.54) is 23.5 Å². The predicted molar refractivity (Wildman–Crippen MR) is 114 cm³/mol. The third-order valence-electron chi connectivity index (χ3n) is 4.47. The van der Waals surface area contributed by atoms with E-state index in [4.69, 9.17) is 10.5 Å². The van der Waals surface area contributed by atoms with Gasteiger partial charge in [0.05, 0.1) is 11.1 Å². The summed E-state index contributed by atoms with van der Waals surface area (Å²) in [5.74, 6) is -0.272. The number of amides is 1. The number of aromatic nitrogens is 1. The summed E-state index contributed by atoms with van der Waals surface area (Å²) in [7, 11) is 0. The van der Waals surface area contributed by atoms with Crippen LogP contribution in [0.15, 0.2) is 29.6 Å². The van der Waals surface area contributed by atoms with Crippen LogP contribution in [0.4, 0.5) is 4.39 Å². The minimum Gasteiger partial charge on any atom is -0.378 e. The zero-order valence-corrected chi connectivity index (χ0v) is 18.0. The van der Waals surface area contributed by atoms with Crippen LogP contribution in [0.5, 0.6) is 0 Å². The number of nitrogens with zero attached hydrogens (tertiary/aromatic N) is 2. The lowest BCUT2D eigenvalue weighted by Crippen LogP contribution is -2.41. The third-order valence-corrected chi connectivity index (χ3v) is 5.32. The molecule has 9 heteroatoms. The first-order valence-electron chi connectivity index (χ1n) is 8.95. The molecule has 1 amide bonds. The van der Waals surface area contributed by atoms with Crippen molar-refractivity contribution in [2.45, 2.75) is 31.8 Å². The molecular formula is C19H26Cl2FN3O2S. The number of hydrogen-bond acceptors (Lipinski definition) is 5. The van der Waals surface area contributed by atoms with E-state index in [-0.39, 0.29) is 42.6 Å². The van der Waals surface area contributed by atoms with Crippen LogP contribution in [0.25, 0.3) is 0 Å². The first kappa shape index (κ1) is 24.8. The Morgan fingerprint density at radius 3 is 2.57 bits per heavy atom. The SMILES string of the molecule is Cl.Cl.NCCCOC1CCN(C(=O)c2csc(Cc3ccc(F)cc3)n2)CC1. The fourth-order valence-corrected chi connectivity index (χ4v) is 3.79. The van der Waals surface area contributed by atoms with Gasteiger partial charge in [0.1, 0.15) is 11.5 Å². The zero-order valence-electron chi connectivity index (χ0n) is 15.5. The highest BCUT2D eigenvalue weighted by Crippen LogP contribution is 2.19. The Bertz CT molecular complexity index is 722. The number of carbonyl (C=O) groups excluding carboxylic acids is 1. The van der Waals surface area contributed by atoms with Gasteiger partial charge in [-0.25, -0.2) is 9.37 Å². The smallest absolute Gasteiger partial charge is 0.273 e. The summed E-state index contributed by atoms with van der Waals surface area (Å²) in [6.45, 7) is 2.71. The standard InChI is InChI=1S/C19H24FN3O2S.2ClH/c20-15-4-2-14(3-5-15)12-18-22-17(13-26-18)19(24)23-9-6-16(7-10-23)25-11-1-8-21;;/h2-5,13,16H,1,6-12,21H2;2*1H. The van der Waals surface area contributed by atoms with Gasteiger partial charge in [0.15, 0.2) is 0 Å². The van der Waals surface area contributed by atoms with E-state index in [9.17, 15) is 9.18 Å². The third kappa shape index (κ3) is 6.97. The van der Waals surface area contributed by atoms with Crippen molar-refractivity contribution in [1.82, 2.24) is 9.88 Å². The van der Waals surface area contributed by atoms with Gasteiger partial charge in [-0.05, 0) is 43.5 Å². The Hall–Kier alpha value is -1.25. The Labute approximate surface area is 181 Å². The molecule has 5 nitrogen and oxygen atoms in total. The average molecular weight is 450 g/mol. The summed E-state index contributed by atoms with van der Waals surface area (Å²) in [4.78, 5) is 19.0. The first-order valence-corrected chi connectivity index (χ1v) is 9.83. The molecule has 1 aromatic heterocycles. The van der Waals surface area contributed by atoms with Gasteiger partial charge < -0.3 is 15.4 Å². The largest absolute Gasteiger partial charge is 0.378 e. The van der Waals surface area contributed by atoms with Gasteiger partial charge in [0, 0.05) is 31.5 Å². The molecule has 2 N–H and O–H groups in total. The number of thiazole rings is 1. The van der Waals surface area contributed by atoms with E-state index in [1.54, 1.807) is 12.1 Å². The highest BCUT2D eigenvalue weighted by atomic mass is 35.5. The molecule has 156 valence electrons. The Morgan fingerprint density at radius 1 is 1.25 bits per heavy atom. The summed E-state index contributed by atoms with van der Waals surface area (Å²) in [6.07, 6.45) is 3.39. The van der Waals surface area contributed by atoms with Crippen LogP contribution in [0.3, 0.4) is 0 Å². The number of nitrogens with two attached hydrogens (primary N) is 1. The molecule has 1 aliphatic heterocycles. The number of likely N-dealkylation sites (tertiary alicyclic amines) is 1. The highest BCUT2D eigenvalue weighted by Gasteiger charge is 2.25. The second-order valence-corrected chi connectivity index (χ2v) is 7.38. The minimum absolute atomic E-state index is 0. The van der Waals surface area contributed by atoms with E-state index < -0.39 is 0 Å². The van der Waals surface area contributed by atoms with E-state index in [0.29, 0.717) is 38.4 Å². The van der Waals surface area contributed by atoms with Crippen LogP contribution in [0.1, 0.15) is 40.3 Å². The molecule has 1 saturated heterocycles. The summed E-state index contributed by atoms with van der Waals surface area (Å²) < 4.78 is 18.8. The molecule has 2 aromatic rings. The molecule has 1 aromatic carbocycles. The molecule has 0 aliphatic carbocycles. The van der Waals surface area contributed by atoms with Gasteiger partial charge in [0.25, 0.3) is 5.91 Å². The first-order chi connectivity index (χ1) is 12.7. The molecule has 28 heavy (non-hydrogen) atoms. The normalized spacial score (nSPS) is 14.3. The monoisotopic (exact) mass is 449 g/mol. The quantitative estimate of drug-likeness (QED) is 0.654. The Balaban J connectivity index is 0.00000196. The summed E-state index contributed by atoms with van der Waals surface area (Å²) in [5.41, 5.74) is 6.95. The van der Waals surface area contributed by atoms with Gasteiger partial charge in [0.2, 0.25) is 0 Å². The van der Waals surface area contributed by atoms with Crippen LogP contribution in [-0.2, 0) is 11.2 Å². The van der Waals surface area contributed by atoms with Crippen molar-refractivity contribution in [2.24, 2.45) is 5.73 Å². The molecule has 0 saturated carbocycles. The highest BCUT2D eigenvalue weighted by molar-refractivity contribution is 7.09. The fourth-order valence-electron chi connectivity index (χ4n) is 2.99. The molecule has 0 radical (unpaired) electrons. The Morgan fingerprint density at radius 2 is 1.93 bits per heavy atom. The molecule has 1 aliphatic rings. The van der Waals surface area contributed by atoms with E-state index in [0.717, 1.165) is 29.8 Å². The van der Waals surface area contributed by atoms with Crippen molar-refractivity contribution in [3.8, 4) is 0 Å². The number of rotatable bonds is 7. The van der Waals surface area contributed by atoms with Crippen LogP contribution in [-0.4, -0.2) is 48.1 Å². The summed E-state index contributed by atoms with van der Waals surface area (Å²) in [6, 6.07) is 6.37.